The molecule has 0 spiro atoms. The minimum atomic E-state index is 0.00209. The van der Waals surface area contributed by atoms with Crippen LogP contribution in [0.3, 0.4) is 0 Å². The Kier molecular flexibility index (Phi) is 2.26. The summed E-state index contributed by atoms with van der Waals surface area (Å²) in [6.07, 6.45) is 2.29. The van der Waals surface area contributed by atoms with Crippen LogP contribution in [0.1, 0.15) is 34.9 Å². The molecule has 1 aliphatic rings. The molecule has 18 heavy (non-hydrogen) atoms. The van der Waals surface area contributed by atoms with Crippen molar-refractivity contribution in [2.24, 2.45) is 7.05 Å². The molecule has 6 nitrogen and oxygen atoms in total. The van der Waals surface area contributed by atoms with E-state index in [1.54, 1.807) is 0 Å². The molecule has 0 unspecified atom stereocenters. The number of aryl methyl sites for hydroxylation is 2. The first-order chi connectivity index (χ1) is 8.58. The van der Waals surface area contributed by atoms with Gasteiger partial charge in [0.1, 0.15) is 0 Å². The quantitative estimate of drug-likeness (QED) is 0.793. The van der Waals surface area contributed by atoms with E-state index in [9.17, 15) is 4.79 Å². The van der Waals surface area contributed by atoms with Gasteiger partial charge in [-0.1, -0.05) is 0 Å². The molecule has 94 valence electrons. The van der Waals surface area contributed by atoms with E-state index >= 15 is 0 Å². The van der Waals surface area contributed by atoms with Crippen molar-refractivity contribution in [1.82, 2.24) is 20.0 Å². The molecule has 3 heterocycles. The normalized spacial score (nSPS) is 18.6. The van der Waals surface area contributed by atoms with Crippen molar-refractivity contribution in [2.75, 3.05) is 5.32 Å². The third kappa shape index (κ3) is 1.45. The van der Waals surface area contributed by atoms with E-state index in [0.717, 1.165) is 22.5 Å². The highest BCUT2D eigenvalue weighted by Gasteiger charge is 2.32. The lowest BCUT2D eigenvalue weighted by Crippen LogP contribution is -2.23. The van der Waals surface area contributed by atoms with E-state index in [1.165, 1.54) is 0 Å². The van der Waals surface area contributed by atoms with Crippen molar-refractivity contribution in [2.45, 2.75) is 26.2 Å². The summed E-state index contributed by atoms with van der Waals surface area (Å²) in [6.45, 7) is 3.99. The Bertz CT molecular complexity index is 624. The molecule has 6 heteroatoms. The molecule has 0 fully saturated rings. The summed E-state index contributed by atoms with van der Waals surface area (Å²) >= 11 is 0. The zero-order valence-electron chi connectivity index (χ0n) is 10.6. The third-order valence-electron chi connectivity index (χ3n) is 3.64. The van der Waals surface area contributed by atoms with Gasteiger partial charge in [-0.15, -0.1) is 0 Å². The van der Waals surface area contributed by atoms with Gasteiger partial charge in [0.05, 0.1) is 6.20 Å². The number of H-pyrrole nitrogens is 1. The number of fused-ring (bicyclic) bond motifs is 1. The fourth-order valence-corrected chi connectivity index (χ4v) is 2.55. The smallest absolute Gasteiger partial charge is 0.226 e. The average Bonchev–Trinajstić information content (AvgIpc) is 2.84. The Morgan fingerprint density at radius 1 is 1.44 bits per heavy atom. The summed E-state index contributed by atoms with van der Waals surface area (Å²) in [7, 11) is 1.91. The van der Waals surface area contributed by atoms with Gasteiger partial charge >= 0.3 is 0 Å². The van der Waals surface area contributed by atoms with Crippen molar-refractivity contribution < 1.29 is 4.79 Å². The van der Waals surface area contributed by atoms with E-state index in [0.29, 0.717) is 12.2 Å². The predicted octanol–water partition coefficient (Wildman–Crippen LogP) is 1.23. The van der Waals surface area contributed by atoms with E-state index in [2.05, 4.69) is 20.6 Å². The molecule has 0 aliphatic carbocycles. The van der Waals surface area contributed by atoms with Crippen LogP contribution in [-0.4, -0.2) is 25.9 Å². The number of nitrogens with zero attached hydrogens (tertiary/aromatic N) is 3. The highest BCUT2D eigenvalue weighted by molar-refractivity contribution is 5.94. The van der Waals surface area contributed by atoms with Crippen molar-refractivity contribution in [3.05, 3.63) is 28.7 Å². The molecule has 0 saturated carbocycles. The van der Waals surface area contributed by atoms with Crippen molar-refractivity contribution in [3.63, 3.8) is 0 Å². The van der Waals surface area contributed by atoms with Gasteiger partial charge in [0.2, 0.25) is 5.91 Å². The molecule has 0 saturated heterocycles. The van der Waals surface area contributed by atoms with Gasteiger partial charge in [0.15, 0.2) is 5.82 Å². The van der Waals surface area contributed by atoms with Crippen LogP contribution >= 0.6 is 0 Å². The standard InChI is InChI=1S/C12H15N5O/c1-6-11-8(9-5-13-17(3)7(9)2)4-10(18)14-12(11)16-15-6/h5,8H,4H2,1-3H3,(H2,14,15,16,18)/t8-/m0/s1. The number of aromatic nitrogens is 4. The van der Waals surface area contributed by atoms with Crippen molar-refractivity contribution in [3.8, 4) is 0 Å². The lowest BCUT2D eigenvalue weighted by atomic mass is 9.86. The summed E-state index contributed by atoms with van der Waals surface area (Å²) in [5.41, 5.74) is 4.25. The second-order valence-corrected chi connectivity index (χ2v) is 4.72. The molecule has 1 atom stereocenters. The van der Waals surface area contributed by atoms with E-state index in [4.69, 9.17) is 0 Å². The van der Waals surface area contributed by atoms with Gasteiger partial charge in [0.25, 0.3) is 0 Å². The highest BCUT2D eigenvalue weighted by Crippen LogP contribution is 2.38. The maximum Gasteiger partial charge on any atom is 0.226 e. The Hall–Kier alpha value is -2.11. The van der Waals surface area contributed by atoms with Gasteiger partial charge in [-0.25, -0.2) is 0 Å². The third-order valence-corrected chi connectivity index (χ3v) is 3.64. The van der Waals surface area contributed by atoms with Gasteiger partial charge in [0, 0.05) is 41.9 Å². The van der Waals surface area contributed by atoms with Gasteiger partial charge in [-0.2, -0.15) is 10.2 Å². The number of rotatable bonds is 1. The fraction of sp³-hybridized carbons (Fsp3) is 0.417. The Labute approximate surface area is 104 Å². The zero-order valence-corrected chi connectivity index (χ0v) is 10.6. The molecule has 0 aromatic carbocycles. The SMILES string of the molecule is Cc1[nH]nc2c1[C@H](c1cnn(C)c1C)CC(=O)N2. The second-order valence-electron chi connectivity index (χ2n) is 4.72. The predicted molar refractivity (Wildman–Crippen MR) is 66.4 cm³/mol. The van der Waals surface area contributed by atoms with Crippen LogP contribution < -0.4 is 5.32 Å². The number of hydrogen-bond acceptors (Lipinski definition) is 3. The summed E-state index contributed by atoms with van der Waals surface area (Å²) < 4.78 is 1.83. The van der Waals surface area contributed by atoms with Crippen LogP contribution in [0, 0.1) is 13.8 Å². The average molecular weight is 245 g/mol. The maximum atomic E-state index is 11.7. The van der Waals surface area contributed by atoms with E-state index < -0.39 is 0 Å². The molecule has 2 N–H and O–H groups in total. The molecule has 2 aromatic rings. The van der Waals surface area contributed by atoms with Crippen LogP contribution in [0.25, 0.3) is 0 Å². The Morgan fingerprint density at radius 3 is 2.89 bits per heavy atom. The van der Waals surface area contributed by atoms with Crippen LogP contribution in [0.15, 0.2) is 6.20 Å². The first-order valence-corrected chi connectivity index (χ1v) is 5.91. The first-order valence-electron chi connectivity index (χ1n) is 5.91. The lowest BCUT2D eigenvalue weighted by molar-refractivity contribution is -0.116. The van der Waals surface area contributed by atoms with Crippen molar-refractivity contribution in [1.29, 1.82) is 0 Å². The molecule has 3 rings (SSSR count). The zero-order chi connectivity index (χ0) is 12.9. The fourth-order valence-electron chi connectivity index (χ4n) is 2.55. The number of aromatic amines is 1. The molecular weight excluding hydrogens is 230 g/mol. The monoisotopic (exact) mass is 245 g/mol. The molecule has 0 bridgehead atoms. The molecule has 0 radical (unpaired) electrons. The largest absolute Gasteiger partial charge is 0.309 e. The number of carbonyl (C=O) groups excluding carboxylic acids is 1. The summed E-state index contributed by atoms with van der Waals surface area (Å²) in [5, 5.41) is 14.1. The Balaban J connectivity index is 2.15. The van der Waals surface area contributed by atoms with E-state index in [1.807, 2.05) is 31.8 Å². The highest BCUT2D eigenvalue weighted by atomic mass is 16.1. The maximum absolute atomic E-state index is 11.7. The molecular formula is C12H15N5O. The van der Waals surface area contributed by atoms with Gasteiger partial charge in [-0.05, 0) is 13.8 Å². The number of anilines is 1. The first kappa shape index (κ1) is 11.0. The number of carbonyl (C=O) groups is 1. The van der Waals surface area contributed by atoms with Crippen LogP contribution in [0.5, 0.6) is 0 Å². The van der Waals surface area contributed by atoms with Gasteiger partial charge < -0.3 is 5.32 Å². The summed E-state index contributed by atoms with van der Waals surface area (Å²) in [5.74, 6) is 0.695. The number of hydrogen-bond donors (Lipinski definition) is 2. The molecule has 1 aliphatic heterocycles. The van der Waals surface area contributed by atoms with Crippen LogP contribution in [0.2, 0.25) is 0 Å². The lowest BCUT2D eigenvalue weighted by Gasteiger charge is -2.22. The second kappa shape index (κ2) is 3.69. The van der Waals surface area contributed by atoms with E-state index in [-0.39, 0.29) is 11.8 Å². The minimum Gasteiger partial charge on any atom is -0.309 e. The van der Waals surface area contributed by atoms with Crippen LogP contribution in [0.4, 0.5) is 5.82 Å². The Morgan fingerprint density at radius 2 is 2.22 bits per heavy atom. The number of amides is 1. The van der Waals surface area contributed by atoms with Crippen LogP contribution in [-0.2, 0) is 11.8 Å². The molecule has 1 amide bonds. The van der Waals surface area contributed by atoms with Gasteiger partial charge in [-0.3, -0.25) is 14.6 Å². The minimum absolute atomic E-state index is 0.00209. The topological polar surface area (TPSA) is 75.6 Å². The van der Waals surface area contributed by atoms with Crippen molar-refractivity contribution >= 4 is 11.7 Å². The summed E-state index contributed by atoms with van der Waals surface area (Å²) in [6, 6.07) is 0. The summed E-state index contributed by atoms with van der Waals surface area (Å²) in [4.78, 5) is 11.7. The number of nitrogens with one attached hydrogen (secondary N) is 2. The molecule has 2 aromatic heterocycles.